The summed E-state index contributed by atoms with van der Waals surface area (Å²) in [5.74, 6) is 0.386. The smallest absolute Gasteiger partial charge is 0.258 e. The molecule has 2 amide bonds. The van der Waals surface area contributed by atoms with Crippen molar-refractivity contribution in [3.8, 4) is 5.75 Å². The van der Waals surface area contributed by atoms with Gasteiger partial charge in [0.15, 0.2) is 6.61 Å². The van der Waals surface area contributed by atoms with Gasteiger partial charge in [0.05, 0.1) is 0 Å². The Kier molecular flexibility index (Phi) is 7.55. The first-order chi connectivity index (χ1) is 12.9. The van der Waals surface area contributed by atoms with Gasteiger partial charge in [-0.25, -0.2) is 0 Å². The molecule has 2 aromatic carbocycles. The minimum atomic E-state index is -0.236. The maximum Gasteiger partial charge on any atom is 0.258 e. The van der Waals surface area contributed by atoms with Crippen LogP contribution in [0.3, 0.4) is 0 Å². The van der Waals surface area contributed by atoms with Crippen LogP contribution in [0.15, 0.2) is 48.5 Å². The number of hydrogen-bond acceptors (Lipinski definition) is 4. The summed E-state index contributed by atoms with van der Waals surface area (Å²) in [7, 11) is 0. The van der Waals surface area contributed by atoms with Crippen LogP contribution in [0.25, 0.3) is 0 Å². The van der Waals surface area contributed by atoms with Crippen molar-refractivity contribution in [1.82, 2.24) is 5.32 Å². The Balaban J connectivity index is 1.76. The highest BCUT2D eigenvalue weighted by Crippen LogP contribution is 2.14. The largest absolute Gasteiger partial charge is 0.484 e. The molecule has 0 radical (unpaired) electrons. The molecule has 0 saturated heterocycles. The zero-order valence-electron chi connectivity index (χ0n) is 15.6. The first-order valence-corrected chi connectivity index (χ1v) is 8.77. The molecule has 0 aliphatic rings. The van der Waals surface area contributed by atoms with Crippen LogP contribution >= 0.6 is 0 Å². The lowest BCUT2D eigenvalue weighted by atomic mass is 10.1. The average molecular weight is 368 g/mol. The van der Waals surface area contributed by atoms with E-state index in [1.807, 2.05) is 30.3 Å². The van der Waals surface area contributed by atoms with Crippen LogP contribution < -0.4 is 15.4 Å². The van der Waals surface area contributed by atoms with Gasteiger partial charge in [0, 0.05) is 25.6 Å². The SMILES string of the molecule is CC(=O)CCc1ccc(OCC(=O)NCc2cccc(NC(C)=O)c2)cc1. The van der Waals surface area contributed by atoms with Crippen LogP contribution in [0.2, 0.25) is 0 Å². The van der Waals surface area contributed by atoms with E-state index >= 15 is 0 Å². The number of carbonyl (C=O) groups is 3. The molecule has 142 valence electrons. The predicted octanol–water partition coefficient (Wildman–Crippen LogP) is 2.86. The van der Waals surface area contributed by atoms with E-state index in [9.17, 15) is 14.4 Å². The second-order valence-electron chi connectivity index (χ2n) is 6.29. The topological polar surface area (TPSA) is 84.5 Å². The Morgan fingerprint density at radius 2 is 1.70 bits per heavy atom. The third-order valence-corrected chi connectivity index (χ3v) is 3.80. The van der Waals surface area contributed by atoms with E-state index in [0.29, 0.717) is 30.8 Å². The minimum absolute atomic E-state index is 0.0851. The van der Waals surface area contributed by atoms with Crippen molar-refractivity contribution in [3.63, 3.8) is 0 Å². The third kappa shape index (κ3) is 7.73. The van der Waals surface area contributed by atoms with Gasteiger partial charge in [-0.05, 0) is 48.7 Å². The standard InChI is InChI=1S/C21H24N2O4/c1-15(24)6-7-17-8-10-20(11-9-17)27-14-21(26)22-13-18-4-3-5-19(12-18)23-16(2)25/h3-5,8-12H,6-7,13-14H2,1-2H3,(H,22,26)(H,23,25). The molecule has 2 rings (SSSR count). The van der Waals surface area contributed by atoms with E-state index in [1.54, 1.807) is 25.1 Å². The molecule has 0 spiro atoms. The molecule has 2 aromatic rings. The Hall–Kier alpha value is -3.15. The van der Waals surface area contributed by atoms with Crippen molar-refractivity contribution >= 4 is 23.3 Å². The van der Waals surface area contributed by atoms with E-state index < -0.39 is 0 Å². The van der Waals surface area contributed by atoms with Crippen molar-refractivity contribution in [2.45, 2.75) is 33.2 Å². The zero-order valence-corrected chi connectivity index (χ0v) is 15.6. The molecular weight excluding hydrogens is 344 g/mol. The maximum atomic E-state index is 12.0. The highest BCUT2D eigenvalue weighted by molar-refractivity contribution is 5.88. The normalized spacial score (nSPS) is 10.1. The van der Waals surface area contributed by atoms with Gasteiger partial charge in [-0.15, -0.1) is 0 Å². The molecular formula is C21H24N2O4. The van der Waals surface area contributed by atoms with Crippen LogP contribution in [0.1, 0.15) is 31.4 Å². The number of hydrogen-bond donors (Lipinski definition) is 2. The number of ketones is 1. The van der Waals surface area contributed by atoms with Crippen LogP contribution in [-0.2, 0) is 27.3 Å². The summed E-state index contributed by atoms with van der Waals surface area (Å²) in [5, 5.41) is 5.48. The quantitative estimate of drug-likeness (QED) is 0.713. The minimum Gasteiger partial charge on any atom is -0.484 e. The molecule has 0 aliphatic carbocycles. The zero-order chi connectivity index (χ0) is 19.6. The Bertz CT molecular complexity index is 800. The molecule has 6 nitrogen and oxygen atoms in total. The Labute approximate surface area is 158 Å². The number of carbonyl (C=O) groups excluding carboxylic acids is 3. The predicted molar refractivity (Wildman–Crippen MR) is 104 cm³/mol. The number of benzene rings is 2. The van der Waals surface area contributed by atoms with E-state index in [0.717, 1.165) is 11.1 Å². The fraction of sp³-hybridized carbons (Fsp3) is 0.286. The van der Waals surface area contributed by atoms with Crippen molar-refractivity contribution in [2.24, 2.45) is 0 Å². The monoisotopic (exact) mass is 368 g/mol. The molecule has 0 aliphatic heterocycles. The van der Waals surface area contributed by atoms with Gasteiger partial charge in [-0.3, -0.25) is 9.59 Å². The third-order valence-electron chi connectivity index (χ3n) is 3.80. The molecule has 0 aromatic heterocycles. The van der Waals surface area contributed by atoms with Crippen LogP contribution in [0.4, 0.5) is 5.69 Å². The molecule has 0 heterocycles. The van der Waals surface area contributed by atoms with Gasteiger partial charge >= 0.3 is 0 Å². The van der Waals surface area contributed by atoms with Crippen LogP contribution in [0, 0.1) is 0 Å². The lowest BCUT2D eigenvalue weighted by Crippen LogP contribution is -2.28. The summed E-state index contributed by atoms with van der Waals surface area (Å²) in [5.41, 5.74) is 2.63. The molecule has 0 atom stereocenters. The lowest BCUT2D eigenvalue weighted by Gasteiger charge is -2.09. The first-order valence-electron chi connectivity index (χ1n) is 8.77. The second-order valence-corrected chi connectivity index (χ2v) is 6.29. The molecule has 27 heavy (non-hydrogen) atoms. The number of ether oxygens (including phenoxy) is 1. The summed E-state index contributed by atoms with van der Waals surface area (Å²) in [6, 6.07) is 14.6. The number of Topliss-reactive ketones (excluding diaryl/α,β-unsaturated/α-hetero) is 1. The number of rotatable bonds is 9. The van der Waals surface area contributed by atoms with E-state index in [2.05, 4.69) is 10.6 Å². The van der Waals surface area contributed by atoms with Crippen LogP contribution in [-0.4, -0.2) is 24.2 Å². The lowest BCUT2D eigenvalue weighted by molar-refractivity contribution is -0.123. The summed E-state index contributed by atoms with van der Waals surface area (Å²) < 4.78 is 5.48. The highest BCUT2D eigenvalue weighted by Gasteiger charge is 2.05. The van der Waals surface area contributed by atoms with Crippen molar-refractivity contribution in [3.05, 3.63) is 59.7 Å². The van der Waals surface area contributed by atoms with Gasteiger partial charge in [-0.1, -0.05) is 24.3 Å². The van der Waals surface area contributed by atoms with Crippen molar-refractivity contribution < 1.29 is 19.1 Å². The van der Waals surface area contributed by atoms with E-state index in [-0.39, 0.29) is 24.2 Å². The number of anilines is 1. The van der Waals surface area contributed by atoms with Gasteiger partial charge in [0.2, 0.25) is 5.91 Å². The molecule has 0 saturated carbocycles. The molecule has 6 heteroatoms. The molecule has 2 N–H and O–H groups in total. The number of aryl methyl sites for hydroxylation is 1. The number of nitrogens with one attached hydrogen (secondary N) is 2. The Morgan fingerprint density at radius 1 is 0.963 bits per heavy atom. The summed E-state index contributed by atoms with van der Waals surface area (Å²) in [4.78, 5) is 34.0. The summed E-state index contributed by atoms with van der Waals surface area (Å²) in [6.07, 6.45) is 1.22. The molecule has 0 fully saturated rings. The van der Waals surface area contributed by atoms with Gasteiger partial charge in [0.1, 0.15) is 11.5 Å². The fourth-order valence-electron chi connectivity index (χ4n) is 2.44. The van der Waals surface area contributed by atoms with Crippen molar-refractivity contribution in [2.75, 3.05) is 11.9 Å². The molecule has 0 bridgehead atoms. The average Bonchev–Trinajstić information content (AvgIpc) is 2.63. The van der Waals surface area contributed by atoms with E-state index in [4.69, 9.17) is 4.74 Å². The van der Waals surface area contributed by atoms with Gasteiger partial charge in [-0.2, -0.15) is 0 Å². The van der Waals surface area contributed by atoms with Gasteiger partial charge < -0.3 is 20.2 Å². The highest BCUT2D eigenvalue weighted by atomic mass is 16.5. The number of amides is 2. The van der Waals surface area contributed by atoms with E-state index in [1.165, 1.54) is 6.92 Å². The van der Waals surface area contributed by atoms with Gasteiger partial charge in [0.25, 0.3) is 5.91 Å². The van der Waals surface area contributed by atoms with Crippen LogP contribution in [0.5, 0.6) is 5.75 Å². The maximum absolute atomic E-state index is 12.0. The summed E-state index contributed by atoms with van der Waals surface area (Å²) in [6.45, 7) is 3.28. The van der Waals surface area contributed by atoms with Crippen molar-refractivity contribution in [1.29, 1.82) is 0 Å². The fourth-order valence-corrected chi connectivity index (χ4v) is 2.44. The summed E-state index contributed by atoms with van der Waals surface area (Å²) >= 11 is 0. The molecule has 0 unspecified atom stereocenters. The second kappa shape index (κ2) is 10.1. The first kappa shape index (κ1) is 20.2. The Morgan fingerprint density at radius 3 is 2.37 bits per heavy atom.